The Hall–Kier alpha value is -3.61. The van der Waals surface area contributed by atoms with Crippen LogP contribution < -0.4 is 10.6 Å². The lowest BCUT2D eigenvalue weighted by Crippen LogP contribution is -2.74. The predicted molar refractivity (Wildman–Crippen MR) is 136 cm³/mol. The first kappa shape index (κ1) is 26.0. The van der Waals surface area contributed by atoms with Crippen molar-refractivity contribution in [2.75, 3.05) is 0 Å². The zero-order valence-electron chi connectivity index (χ0n) is 20.6. The maximum absolute atomic E-state index is 13.2. The largest absolute Gasteiger partial charge is 0.459 e. The van der Waals surface area contributed by atoms with Gasteiger partial charge < -0.3 is 20.3 Å². The van der Waals surface area contributed by atoms with Crippen molar-refractivity contribution in [3.05, 3.63) is 77.9 Å². The fourth-order valence-electron chi connectivity index (χ4n) is 4.06. The van der Waals surface area contributed by atoms with Crippen molar-refractivity contribution in [1.82, 2.24) is 15.5 Å². The van der Waals surface area contributed by atoms with E-state index in [0.717, 1.165) is 24.0 Å². The number of nitrogens with one attached hydrogen (secondary N) is 2. The summed E-state index contributed by atoms with van der Waals surface area (Å²) >= 11 is 0. The molecule has 1 aliphatic rings. The van der Waals surface area contributed by atoms with Gasteiger partial charge in [0, 0.05) is 6.04 Å². The van der Waals surface area contributed by atoms with Gasteiger partial charge in [0.05, 0.1) is 6.04 Å². The number of amides is 3. The highest BCUT2D eigenvalue weighted by Crippen LogP contribution is 2.29. The number of ether oxygens (including phenoxy) is 1. The summed E-state index contributed by atoms with van der Waals surface area (Å²) < 4.78 is 5.62. The molecule has 3 unspecified atom stereocenters. The summed E-state index contributed by atoms with van der Waals surface area (Å²) in [4.78, 5) is 40.3. The standard InChI is InChI=1S/C28H35N3O4/c1-4-5-16-24(27(33)35-19-22-14-10-7-11-15-22)31-23(18-17-21-12-8-6-9-13-21)25(26(31)32)30-28(34)29-20(2)3/h6-15,17-18,20,23-25H,4-5,16,19H2,1-3H3,(H2,29,30,34). The lowest BCUT2D eigenvalue weighted by Gasteiger charge is -2.49. The van der Waals surface area contributed by atoms with Crippen LogP contribution in [0.15, 0.2) is 66.7 Å². The maximum Gasteiger partial charge on any atom is 0.329 e. The topological polar surface area (TPSA) is 87.7 Å². The van der Waals surface area contributed by atoms with Crippen LogP contribution in [0.25, 0.3) is 6.08 Å². The minimum absolute atomic E-state index is 0.0649. The number of unbranched alkanes of at least 4 members (excludes halogenated alkanes) is 1. The molecular formula is C28H35N3O4. The number of carbonyl (C=O) groups excluding carboxylic acids is 3. The van der Waals surface area contributed by atoms with Crippen LogP contribution in [0.1, 0.15) is 51.2 Å². The highest BCUT2D eigenvalue weighted by atomic mass is 16.5. The Morgan fingerprint density at radius 1 is 1.06 bits per heavy atom. The second-order valence-corrected chi connectivity index (χ2v) is 9.01. The van der Waals surface area contributed by atoms with Gasteiger partial charge in [-0.05, 0) is 31.4 Å². The first-order valence-corrected chi connectivity index (χ1v) is 12.2. The van der Waals surface area contributed by atoms with Crippen molar-refractivity contribution in [2.45, 2.75) is 70.8 Å². The van der Waals surface area contributed by atoms with E-state index in [9.17, 15) is 14.4 Å². The Balaban J connectivity index is 1.80. The number of rotatable bonds is 11. The third kappa shape index (κ3) is 7.18. The Bertz CT molecular complexity index is 1010. The molecule has 1 saturated heterocycles. The summed E-state index contributed by atoms with van der Waals surface area (Å²) in [5, 5.41) is 5.54. The normalized spacial score (nSPS) is 18.3. The molecule has 3 atom stereocenters. The van der Waals surface area contributed by atoms with E-state index < -0.39 is 30.1 Å². The van der Waals surface area contributed by atoms with Crippen LogP contribution >= 0.6 is 0 Å². The van der Waals surface area contributed by atoms with Crippen molar-refractivity contribution >= 4 is 24.0 Å². The van der Waals surface area contributed by atoms with Gasteiger partial charge in [-0.3, -0.25) is 4.79 Å². The minimum atomic E-state index is -0.750. The van der Waals surface area contributed by atoms with E-state index in [2.05, 4.69) is 10.6 Å². The van der Waals surface area contributed by atoms with Crippen LogP contribution in [-0.2, 0) is 20.9 Å². The number of hydrogen-bond acceptors (Lipinski definition) is 4. The Labute approximate surface area is 207 Å². The van der Waals surface area contributed by atoms with Gasteiger partial charge in [-0.25, -0.2) is 9.59 Å². The zero-order valence-corrected chi connectivity index (χ0v) is 20.6. The van der Waals surface area contributed by atoms with Gasteiger partial charge in [0.2, 0.25) is 5.91 Å². The molecule has 2 aromatic rings. The van der Waals surface area contributed by atoms with Crippen molar-refractivity contribution in [3.8, 4) is 0 Å². The molecule has 0 spiro atoms. The SMILES string of the molecule is CCCCC(C(=O)OCc1ccccc1)N1C(=O)C(NC(=O)NC(C)C)C1C=Cc1ccccc1. The summed E-state index contributed by atoms with van der Waals surface area (Å²) in [6, 6.07) is 16.8. The van der Waals surface area contributed by atoms with E-state index in [1.165, 1.54) is 0 Å². The average molecular weight is 478 g/mol. The second kappa shape index (κ2) is 12.7. The molecule has 0 radical (unpaired) electrons. The Morgan fingerprint density at radius 2 is 1.71 bits per heavy atom. The first-order valence-electron chi connectivity index (χ1n) is 12.2. The Morgan fingerprint density at radius 3 is 2.34 bits per heavy atom. The number of β-lactam (4-membered cyclic amide) rings is 1. The number of urea groups is 1. The van der Waals surface area contributed by atoms with Crippen LogP contribution in [-0.4, -0.2) is 47.0 Å². The summed E-state index contributed by atoms with van der Waals surface area (Å²) in [5.41, 5.74) is 1.85. The molecule has 1 aliphatic heterocycles. The summed E-state index contributed by atoms with van der Waals surface area (Å²) in [7, 11) is 0. The van der Waals surface area contributed by atoms with E-state index in [4.69, 9.17) is 4.74 Å². The van der Waals surface area contributed by atoms with E-state index in [0.29, 0.717) is 6.42 Å². The summed E-state index contributed by atoms with van der Waals surface area (Å²) in [5.74, 6) is -0.719. The van der Waals surface area contributed by atoms with Crippen LogP contribution in [0.4, 0.5) is 4.79 Å². The molecule has 1 heterocycles. The molecule has 0 bridgehead atoms. The molecule has 0 saturated carbocycles. The molecule has 2 aromatic carbocycles. The van der Waals surface area contributed by atoms with Gasteiger partial charge in [-0.2, -0.15) is 0 Å². The van der Waals surface area contributed by atoms with Gasteiger partial charge in [-0.1, -0.05) is 92.6 Å². The first-order chi connectivity index (χ1) is 16.9. The lowest BCUT2D eigenvalue weighted by atomic mass is 9.89. The fourth-order valence-corrected chi connectivity index (χ4v) is 4.06. The molecule has 35 heavy (non-hydrogen) atoms. The van der Waals surface area contributed by atoms with E-state index >= 15 is 0 Å². The van der Waals surface area contributed by atoms with E-state index in [1.807, 2.05) is 93.6 Å². The van der Waals surface area contributed by atoms with Gasteiger partial charge in [0.15, 0.2) is 0 Å². The predicted octanol–water partition coefficient (Wildman–Crippen LogP) is 4.29. The molecule has 7 nitrogen and oxygen atoms in total. The van der Waals surface area contributed by atoms with E-state index in [1.54, 1.807) is 4.90 Å². The number of esters is 1. The summed E-state index contributed by atoms with van der Waals surface area (Å²) in [6.45, 7) is 5.89. The molecular weight excluding hydrogens is 442 g/mol. The molecule has 3 rings (SSSR count). The molecule has 3 amide bonds. The zero-order chi connectivity index (χ0) is 25.2. The van der Waals surface area contributed by atoms with E-state index in [-0.39, 0.29) is 18.6 Å². The smallest absolute Gasteiger partial charge is 0.329 e. The molecule has 0 aliphatic carbocycles. The Kier molecular flexibility index (Phi) is 9.47. The number of likely N-dealkylation sites (tertiary alicyclic amines) is 1. The van der Waals surface area contributed by atoms with Gasteiger partial charge in [-0.15, -0.1) is 0 Å². The lowest BCUT2D eigenvalue weighted by molar-refractivity contribution is -0.167. The number of benzene rings is 2. The molecule has 0 aromatic heterocycles. The quantitative estimate of drug-likeness (QED) is 0.373. The van der Waals surface area contributed by atoms with Crippen LogP contribution in [0.5, 0.6) is 0 Å². The number of carbonyl (C=O) groups is 3. The van der Waals surface area contributed by atoms with Crippen LogP contribution in [0.3, 0.4) is 0 Å². The molecule has 2 N–H and O–H groups in total. The van der Waals surface area contributed by atoms with Crippen LogP contribution in [0.2, 0.25) is 0 Å². The second-order valence-electron chi connectivity index (χ2n) is 9.01. The van der Waals surface area contributed by atoms with Crippen molar-refractivity contribution < 1.29 is 19.1 Å². The van der Waals surface area contributed by atoms with Crippen molar-refractivity contribution in [2.24, 2.45) is 0 Å². The molecule has 7 heteroatoms. The third-order valence-corrected chi connectivity index (χ3v) is 5.84. The van der Waals surface area contributed by atoms with Crippen molar-refractivity contribution in [3.63, 3.8) is 0 Å². The fraction of sp³-hybridized carbons (Fsp3) is 0.393. The number of nitrogens with zero attached hydrogens (tertiary/aromatic N) is 1. The minimum Gasteiger partial charge on any atom is -0.459 e. The van der Waals surface area contributed by atoms with Gasteiger partial charge >= 0.3 is 12.0 Å². The maximum atomic E-state index is 13.2. The highest BCUT2D eigenvalue weighted by molar-refractivity contribution is 5.97. The molecule has 1 fully saturated rings. The van der Waals surface area contributed by atoms with Gasteiger partial charge in [0.1, 0.15) is 18.7 Å². The number of hydrogen-bond donors (Lipinski definition) is 2. The van der Waals surface area contributed by atoms with Crippen LogP contribution in [0, 0.1) is 0 Å². The molecule has 186 valence electrons. The van der Waals surface area contributed by atoms with Crippen molar-refractivity contribution in [1.29, 1.82) is 0 Å². The third-order valence-electron chi connectivity index (χ3n) is 5.84. The monoisotopic (exact) mass is 477 g/mol. The summed E-state index contributed by atoms with van der Waals surface area (Å²) in [6.07, 6.45) is 5.94. The average Bonchev–Trinajstić information content (AvgIpc) is 2.86. The van der Waals surface area contributed by atoms with Gasteiger partial charge in [0.25, 0.3) is 0 Å². The highest BCUT2D eigenvalue weighted by Gasteiger charge is 2.51.